The van der Waals surface area contributed by atoms with Gasteiger partial charge in [0.1, 0.15) is 0 Å². The number of nitrogens with one attached hydrogen (secondary N) is 1. The van der Waals surface area contributed by atoms with Gasteiger partial charge in [-0.3, -0.25) is 14.9 Å². The van der Waals surface area contributed by atoms with Crippen LogP contribution in [0.15, 0.2) is 72.8 Å². The van der Waals surface area contributed by atoms with Gasteiger partial charge in [-0.25, -0.2) is 0 Å². The molecular weight excluding hydrogens is 352 g/mol. The van der Waals surface area contributed by atoms with Crippen LogP contribution in [0.1, 0.15) is 39.5 Å². The van der Waals surface area contributed by atoms with Gasteiger partial charge in [0, 0.05) is 29.8 Å². The van der Waals surface area contributed by atoms with E-state index in [2.05, 4.69) is 5.32 Å². The van der Waals surface area contributed by atoms with E-state index in [0.717, 1.165) is 22.4 Å². The molecule has 142 valence electrons. The maximum atomic E-state index is 12.8. The molecule has 28 heavy (non-hydrogen) atoms. The molecule has 3 aromatic rings. The zero-order valence-corrected chi connectivity index (χ0v) is 15.9. The molecule has 5 nitrogen and oxygen atoms in total. The van der Waals surface area contributed by atoms with Crippen molar-refractivity contribution in [3.63, 3.8) is 0 Å². The second-order valence-corrected chi connectivity index (χ2v) is 6.91. The summed E-state index contributed by atoms with van der Waals surface area (Å²) in [5.41, 5.74) is 4.62. The Bertz CT molecular complexity index is 979. The number of carbonyl (C=O) groups is 1. The highest BCUT2D eigenvalue weighted by Crippen LogP contribution is 2.26. The normalized spacial score (nSPS) is 11.6. The smallest absolute Gasteiger partial charge is 0.269 e. The summed E-state index contributed by atoms with van der Waals surface area (Å²) >= 11 is 0. The highest BCUT2D eigenvalue weighted by atomic mass is 16.6. The number of aryl methyl sites for hydroxylation is 2. The van der Waals surface area contributed by atoms with Crippen molar-refractivity contribution >= 4 is 17.2 Å². The molecule has 5 heteroatoms. The fourth-order valence-corrected chi connectivity index (χ4v) is 3.06. The Balaban J connectivity index is 1.87. The largest absolute Gasteiger partial charge is 0.378 e. The number of nitro benzene ring substituents is 1. The Labute approximate surface area is 164 Å². The van der Waals surface area contributed by atoms with Crippen LogP contribution in [-0.4, -0.2) is 10.7 Å². The number of hydrogen-bond acceptors (Lipinski definition) is 4. The number of carbonyl (C=O) groups excluding carboxylic acids is 1. The van der Waals surface area contributed by atoms with Gasteiger partial charge in [0.2, 0.25) is 0 Å². The lowest BCUT2D eigenvalue weighted by Crippen LogP contribution is -2.16. The van der Waals surface area contributed by atoms with E-state index in [0.29, 0.717) is 5.56 Å². The van der Waals surface area contributed by atoms with Crippen molar-refractivity contribution in [1.82, 2.24) is 0 Å². The molecule has 3 rings (SSSR count). The summed E-state index contributed by atoms with van der Waals surface area (Å²) in [7, 11) is 0. The lowest BCUT2D eigenvalue weighted by molar-refractivity contribution is -0.384. The summed E-state index contributed by atoms with van der Waals surface area (Å²) in [5, 5.41) is 14.3. The maximum Gasteiger partial charge on any atom is 0.269 e. The van der Waals surface area contributed by atoms with Crippen LogP contribution < -0.4 is 5.32 Å². The van der Waals surface area contributed by atoms with Crippen molar-refractivity contribution < 1.29 is 9.72 Å². The Morgan fingerprint density at radius 2 is 1.64 bits per heavy atom. The lowest BCUT2D eigenvalue weighted by Gasteiger charge is -2.20. The predicted octanol–water partition coefficient (Wildman–Crippen LogP) is 5.64. The first kappa shape index (κ1) is 19.3. The van der Waals surface area contributed by atoms with Gasteiger partial charge in [-0.2, -0.15) is 0 Å². The third kappa shape index (κ3) is 4.82. The number of Topliss-reactive ketones (excluding diaryl/α,β-unsaturated/α-hetero) is 1. The first-order valence-electron chi connectivity index (χ1n) is 9.10. The van der Waals surface area contributed by atoms with E-state index in [-0.39, 0.29) is 23.9 Å². The molecule has 0 spiro atoms. The average molecular weight is 374 g/mol. The molecule has 1 N–H and O–H groups in total. The number of rotatable bonds is 7. The molecule has 0 heterocycles. The summed E-state index contributed by atoms with van der Waals surface area (Å²) in [6, 6.07) is 21.5. The average Bonchev–Trinajstić information content (AvgIpc) is 2.68. The second kappa shape index (κ2) is 8.48. The molecule has 0 aliphatic carbocycles. The van der Waals surface area contributed by atoms with E-state index in [9.17, 15) is 14.9 Å². The van der Waals surface area contributed by atoms with Gasteiger partial charge in [0.15, 0.2) is 5.78 Å². The summed E-state index contributed by atoms with van der Waals surface area (Å²) in [6.07, 6.45) is 0.245. The van der Waals surface area contributed by atoms with Crippen LogP contribution in [-0.2, 0) is 0 Å². The quantitative estimate of drug-likeness (QED) is 0.330. The number of anilines is 1. The zero-order valence-electron chi connectivity index (χ0n) is 15.9. The van der Waals surface area contributed by atoms with Crippen LogP contribution in [0.3, 0.4) is 0 Å². The molecule has 0 aliphatic heterocycles. The molecule has 0 aliphatic rings. The SMILES string of the molecule is Cc1ccc(C(=O)CC(Nc2cccc(C)c2)c2ccc([N+](=O)[O-])cc2)cc1. The number of benzene rings is 3. The van der Waals surface area contributed by atoms with Crippen LogP contribution >= 0.6 is 0 Å². The summed E-state index contributed by atoms with van der Waals surface area (Å²) in [5.74, 6) is 0.0171. The summed E-state index contributed by atoms with van der Waals surface area (Å²) in [4.78, 5) is 23.3. The molecule has 1 unspecified atom stereocenters. The highest BCUT2D eigenvalue weighted by Gasteiger charge is 2.18. The van der Waals surface area contributed by atoms with E-state index in [1.54, 1.807) is 12.1 Å². The highest BCUT2D eigenvalue weighted by molar-refractivity contribution is 5.96. The van der Waals surface area contributed by atoms with Gasteiger partial charge < -0.3 is 5.32 Å². The van der Waals surface area contributed by atoms with Crippen molar-refractivity contribution in [3.05, 3.63) is 105 Å². The maximum absolute atomic E-state index is 12.8. The minimum absolute atomic E-state index is 0.0171. The van der Waals surface area contributed by atoms with Crippen molar-refractivity contribution in [2.45, 2.75) is 26.3 Å². The molecule has 0 bridgehead atoms. The number of non-ortho nitro benzene ring substituents is 1. The second-order valence-electron chi connectivity index (χ2n) is 6.91. The Morgan fingerprint density at radius 1 is 0.964 bits per heavy atom. The first-order valence-corrected chi connectivity index (χ1v) is 9.10. The number of nitro groups is 1. The van der Waals surface area contributed by atoms with Gasteiger partial charge in [-0.15, -0.1) is 0 Å². The van der Waals surface area contributed by atoms with Gasteiger partial charge >= 0.3 is 0 Å². The first-order chi connectivity index (χ1) is 13.4. The van der Waals surface area contributed by atoms with Gasteiger partial charge in [0.25, 0.3) is 5.69 Å². The van der Waals surface area contributed by atoms with E-state index in [4.69, 9.17) is 0 Å². The molecule has 1 atom stereocenters. The molecule has 0 aromatic heterocycles. The zero-order chi connectivity index (χ0) is 20.1. The van der Waals surface area contributed by atoms with Crippen molar-refractivity contribution in [3.8, 4) is 0 Å². The van der Waals surface area contributed by atoms with Gasteiger partial charge in [-0.05, 0) is 37.1 Å². The van der Waals surface area contributed by atoms with Crippen LogP contribution in [0.4, 0.5) is 11.4 Å². The van der Waals surface area contributed by atoms with Crippen LogP contribution in [0.5, 0.6) is 0 Å². The van der Waals surface area contributed by atoms with Crippen molar-refractivity contribution in [1.29, 1.82) is 0 Å². The fraction of sp³-hybridized carbons (Fsp3) is 0.174. The van der Waals surface area contributed by atoms with E-state index in [1.165, 1.54) is 12.1 Å². The molecule has 0 saturated heterocycles. The van der Waals surface area contributed by atoms with E-state index < -0.39 is 4.92 Å². The van der Waals surface area contributed by atoms with Gasteiger partial charge in [-0.1, -0.05) is 54.1 Å². The molecule has 3 aromatic carbocycles. The minimum atomic E-state index is -0.426. The van der Waals surface area contributed by atoms with Crippen LogP contribution in [0.2, 0.25) is 0 Å². The molecule has 0 saturated carbocycles. The minimum Gasteiger partial charge on any atom is -0.378 e. The predicted molar refractivity (Wildman–Crippen MR) is 111 cm³/mol. The standard InChI is InChI=1S/C23H22N2O3/c1-16-6-8-19(9-7-16)23(26)15-22(24-20-5-3-4-17(2)14-20)18-10-12-21(13-11-18)25(27)28/h3-14,22,24H,15H2,1-2H3. The van der Waals surface area contributed by atoms with Crippen molar-refractivity contribution in [2.24, 2.45) is 0 Å². The third-order valence-corrected chi connectivity index (χ3v) is 4.63. The Hall–Kier alpha value is -3.47. The van der Waals surface area contributed by atoms with E-state index >= 15 is 0 Å². The topological polar surface area (TPSA) is 72.2 Å². The van der Waals surface area contributed by atoms with E-state index in [1.807, 2.05) is 62.4 Å². The lowest BCUT2D eigenvalue weighted by atomic mass is 9.97. The summed E-state index contributed by atoms with van der Waals surface area (Å²) in [6.45, 7) is 3.98. The third-order valence-electron chi connectivity index (χ3n) is 4.63. The van der Waals surface area contributed by atoms with Gasteiger partial charge in [0.05, 0.1) is 11.0 Å². The fourth-order valence-electron chi connectivity index (χ4n) is 3.06. The van der Waals surface area contributed by atoms with Crippen molar-refractivity contribution in [2.75, 3.05) is 5.32 Å². The Morgan fingerprint density at radius 3 is 2.25 bits per heavy atom. The molecule has 0 radical (unpaired) electrons. The molecule has 0 amide bonds. The number of ketones is 1. The molecular formula is C23H22N2O3. The monoisotopic (exact) mass is 374 g/mol. The van der Waals surface area contributed by atoms with Crippen LogP contribution in [0.25, 0.3) is 0 Å². The summed E-state index contributed by atoms with van der Waals surface area (Å²) < 4.78 is 0. The molecule has 0 fully saturated rings. The van der Waals surface area contributed by atoms with Crippen LogP contribution in [0, 0.1) is 24.0 Å². The Kier molecular flexibility index (Phi) is 5.84. The number of hydrogen-bond donors (Lipinski definition) is 1. The number of nitrogens with zero attached hydrogens (tertiary/aromatic N) is 1.